The molecule has 0 saturated heterocycles. The van der Waals surface area contributed by atoms with Crippen LogP contribution in [0.2, 0.25) is 0 Å². The lowest BCUT2D eigenvalue weighted by Gasteiger charge is -2.16. The van der Waals surface area contributed by atoms with E-state index >= 15 is 0 Å². The average Bonchev–Trinajstić information content (AvgIpc) is 2.76. The SMILES string of the molecule is NC(c1cc2[nH]c(=O)[nH]c2cc1Br)c1ccc(F)cc1I. The topological polar surface area (TPSA) is 74.7 Å². The van der Waals surface area contributed by atoms with Crippen LogP contribution in [-0.4, -0.2) is 9.97 Å². The van der Waals surface area contributed by atoms with Gasteiger partial charge in [-0.3, -0.25) is 0 Å². The van der Waals surface area contributed by atoms with E-state index in [-0.39, 0.29) is 11.5 Å². The molecule has 0 saturated carbocycles. The molecule has 4 nitrogen and oxygen atoms in total. The van der Waals surface area contributed by atoms with Crippen LogP contribution < -0.4 is 11.4 Å². The lowest BCUT2D eigenvalue weighted by Crippen LogP contribution is -2.14. The Morgan fingerprint density at radius 1 is 1.14 bits per heavy atom. The molecule has 0 spiro atoms. The second-order valence-corrected chi connectivity index (χ2v) is 6.66. The summed E-state index contributed by atoms with van der Waals surface area (Å²) in [5.74, 6) is -0.292. The fourth-order valence-electron chi connectivity index (χ4n) is 2.23. The van der Waals surface area contributed by atoms with Crippen molar-refractivity contribution in [2.24, 2.45) is 5.73 Å². The molecule has 0 aliphatic heterocycles. The first-order valence-corrected chi connectivity index (χ1v) is 7.95. The molecule has 1 atom stereocenters. The molecule has 0 aliphatic rings. The van der Waals surface area contributed by atoms with E-state index in [4.69, 9.17) is 5.73 Å². The van der Waals surface area contributed by atoms with Crippen LogP contribution in [0.4, 0.5) is 4.39 Å². The highest BCUT2D eigenvalue weighted by Crippen LogP contribution is 2.31. The van der Waals surface area contributed by atoms with E-state index in [9.17, 15) is 9.18 Å². The van der Waals surface area contributed by atoms with E-state index in [1.54, 1.807) is 12.1 Å². The maximum absolute atomic E-state index is 13.2. The Labute approximate surface area is 141 Å². The molecule has 3 aromatic rings. The van der Waals surface area contributed by atoms with Crippen LogP contribution in [0.15, 0.2) is 39.6 Å². The van der Waals surface area contributed by atoms with Gasteiger partial charge in [-0.1, -0.05) is 22.0 Å². The Morgan fingerprint density at radius 2 is 1.81 bits per heavy atom. The second kappa shape index (κ2) is 5.54. The predicted molar refractivity (Wildman–Crippen MR) is 91.8 cm³/mol. The van der Waals surface area contributed by atoms with Crippen molar-refractivity contribution in [2.45, 2.75) is 6.04 Å². The number of fused-ring (bicyclic) bond motifs is 1. The molecule has 1 unspecified atom stereocenters. The van der Waals surface area contributed by atoms with Gasteiger partial charge in [-0.2, -0.15) is 0 Å². The number of rotatable bonds is 2. The normalized spacial score (nSPS) is 12.8. The summed E-state index contributed by atoms with van der Waals surface area (Å²) in [6, 6.07) is 7.72. The van der Waals surface area contributed by atoms with Crippen LogP contribution in [0.5, 0.6) is 0 Å². The third-order valence-corrected chi connectivity index (χ3v) is 4.89. The van der Waals surface area contributed by atoms with Crippen molar-refractivity contribution in [3.05, 3.63) is 65.8 Å². The summed E-state index contributed by atoms with van der Waals surface area (Å²) < 4.78 is 14.8. The predicted octanol–water partition coefficient (Wildman–Crippen LogP) is 3.41. The molecule has 1 heterocycles. The van der Waals surface area contributed by atoms with Gasteiger partial charge < -0.3 is 15.7 Å². The lowest BCUT2D eigenvalue weighted by atomic mass is 9.99. The second-order valence-electron chi connectivity index (χ2n) is 4.64. The van der Waals surface area contributed by atoms with Crippen molar-refractivity contribution in [3.8, 4) is 0 Å². The van der Waals surface area contributed by atoms with Crippen LogP contribution in [0, 0.1) is 9.39 Å². The monoisotopic (exact) mass is 461 g/mol. The number of H-pyrrole nitrogens is 2. The molecule has 2 aromatic carbocycles. The Hall–Kier alpha value is -1.19. The van der Waals surface area contributed by atoms with Gasteiger partial charge in [0.25, 0.3) is 0 Å². The highest BCUT2D eigenvalue weighted by atomic mass is 127. The van der Waals surface area contributed by atoms with E-state index in [1.807, 2.05) is 6.07 Å². The molecule has 3 rings (SSSR count). The molecule has 21 heavy (non-hydrogen) atoms. The van der Waals surface area contributed by atoms with Crippen molar-refractivity contribution in [1.29, 1.82) is 0 Å². The summed E-state index contributed by atoms with van der Waals surface area (Å²) in [5, 5.41) is 0. The van der Waals surface area contributed by atoms with Gasteiger partial charge in [-0.05, 0) is 58.0 Å². The Morgan fingerprint density at radius 3 is 2.48 bits per heavy atom. The number of imidazole rings is 1. The Balaban J connectivity index is 2.14. The maximum atomic E-state index is 13.2. The molecule has 4 N–H and O–H groups in total. The molecule has 0 bridgehead atoms. The molecular weight excluding hydrogens is 452 g/mol. The van der Waals surface area contributed by atoms with Crippen LogP contribution in [-0.2, 0) is 0 Å². The van der Waals surface area contributed by atoms with E-state index in [1.165, 1.54) is 12.1 Å². The molecule has 1 aromatic heterocycles. The highest BCUT2D eigenvalue weighted by Gasteiger charge is 2.17. The third-order valence-electron chi connectivity index (χ3n) is 3.27. The number of hydrogen-bond acceptors (Lipinski definition) is 2. The van der Waals surface area contributed by atoms with Crippen molar-refractivity contribution >= 4 is 49.6 Å². The molecule has 0 aliphatic carbocycles. The smallest absolute Gasteiger partial charge is 0.320 e. The number of halogens is 3. The maximum Gasteiger partial charge on any atom is 0.323 e. The number of benzene rings is 2. The van der Waals surface area contributed by atoms with Crippen molar-refractivity contribution in [2.75, 3.05) is 0 Å². The summed E-state index contributed by atoms with van der Waals surface area (Å²) in [6.45, 7) is 0. The minimum Gasteiger partial charge on any atom is -0.320 e. The van der Waals surface area contributed by atoms with Crippen molar-refractivity contribution in [3.63, 3.8) is 0 Å². The summed E-state index contributed by atoms with van der Waals surface area (Å²) in [5.41, 5.74) is 9.08. The highest BCUT2D eigenvalue weighted by molar-refractivity contribution is 14.1. The summed E-state index contributed by atoms with van der Waals surface area (Å²) in [6.07, 6.45) is 0. The van der Waals surface area contributed by atoms with E-state index in [0.29, 0.717) is 11.0 Å². The minimum atomic E-state index is -0.422. The standard InChI is InChI=1S/C14H10BrFIN3O/c15-9-5-12-11(19-14(21)20-12)4-8(9)13(18)7-2-1-6(16)3-10(7)17/h1-5,13H,18H2,(H2,19,20,21). The van der Waals surface area contributed by atoms with Crippen LogP contribution in [0.3, 0.4) is 0 Å². The molecule has 0 fully saturated rings. The van der Waals surface area contributed by atoms with E-state index in [0.717, 1.165) is 19.2 Å². The summed E-state index contributed by atoms with van der Waals surface area (Å²) in [7, 11) is 0. The average molecular weight is 462 g/mol. The van der Waals surface area contributed by atoms with Crippen LogP contribution >= 0.6 is 38.5 Å². The number of aromatic nitrogens is 2. The largest absolute Gasteiger partial charge is 0.323 e. The first-order chi connectivity index (χ1) is 9.95. The Bertz CT molecular complexity index is 890. The number of nitrogens with two attached hydrogens (primary N) is 1. The molecular formula is C14H10BrFIN3O. The van der Waals surface area contributed by atoms with Crippen molar-refractivity contribution < 1.29 is 4.39 Å². The van der Waals surface area contributed by atoms with Gasteiger partial charge in [0, 0.05) is 8.04 Å². The van der Waals surface area contributed by atoms with Gasteiger partial charge >= 0.3 is 5.69 Å². The number of hydrogen-bond donors (Lipinski definition) is 3. The van der Waals surface area contributed by atoms with E-state index in [2.05, 4.69) is 48.5 Å². The van der Waals surface area contributed by atoms with Crippen LogP contribution in [0.25, 0.3) is 11.0 Å². The van der Waals surface area contributed by atoms with Crippen LogP contribution in [0.1, 0.15) is 17.2 Å². The van der Waals surface area contributed by atoms with Gasteiger partial charge in [0.15, 0.2) is 0 Å². The first-order valence-electron chi connectivity index (χ1n) is 6.07. The molecule has 7 heteroatoms. The van der Waals surface area contributed by atoms with Gasteiger partial charge in [-0.15, -0.1) is 0 Å². The summed E-state index contributed by atoms with van der Waals surface area (Å²) in [4.78, 5) is 16.7. The first kappa shape index (κ1) is 14.7. The zero-order valence-electron chi connectivity index (χ0n) is 10.6. The number of nitrogens with one attached hydrogen (secondary N) is 2. The molecule has 0 amide bonds. The zero-order valence-corrected chi connectivity index (χ0v) is 14.3. The molecule has 108 valence electrons. The number of aromatic amines is 2. The minimum absolute atomic E-state index is 0.265. The fraction of sp³-hybridized carbons (Fsp3) is 0.0714. The quantitative estimate of drug-likeness (QED) is 0.511. The van der Waals surface area contributed by atoms with Gasteiger partial charge in [-0.25, -0.2) is 9.18 Å². The Kier molecular flexibility index (Phi) is 3.89. The third kappa shape index (κ3) is 2.77. The summed E-state index contributed by atoms with van der Waals surface area (Å²) >= 11 is 5.53. The molecule has 0 radical (unpaired) electrons. The van der Waals surface area contributed by atoms with Gasteiger partial charge in [0.2, 0.25) is 0 Å². The van der Waals surface area contributed by atoms with Crippen molar-refractivity contribution in [1.82, 2.24) is 9.97 Å². The fourth-order valence-corrected chi connectivity index (χ4v) is 3.64. The van der Waals surface area contributed by atoms with Gasteiger partial charge in [0.05, 0.1) is 17.1 Å². The zero-order chi connectivity index (χ0) is 15.1. The van der Waals surface area contributed by atoms with Gasteiger partial charge in [0.1, 0.15) is 5.82 Å². The van der Waals surface area contributed by atoms with E-state index < -0.39 is 6.04 Å². The lowest BCUT2D eigenvalue weighted by molar-refractivity contribution is 0.625.